The number of unbranched alkanes of at least 4 members (excludes halogenated alkanes) is 9. The first-order valence-electron chi connectivity index (χ1n) is 8.61. The van der Waals surface area contributed by atoms with E-state index < -0.39 is 6.10 Å². The molecule has 1 saturated heterocycles. The zero-order chi connectivity index (χ0) is 14.6. The van der Waals surface area contributed by atoms with Crippen LogP contribution in [0.2, 0.25) is 0 Å². The second-order valence-corrected chi connectivity index (χ2v) is 6.10. The average molecular weight is 284 g/mol. The Balaban J connectivity index is 1.83. The predicted molar refractivity (Wildman–Crippen MR) is 81.6 cm³/mol. The van der Waals surface area contributed by atoms with Crippen molar-refractivity contribution in [1.82, 2.24) is 0 Å². The molecule has 1 N–H and O–H groups in total. The molecule has 0 bridgehead atoms. The smallest absolute Gasteiger partial charge is 0.306 e. The minimum atomic E-state index is -0.449. The Kier molecular flexibility index (Phi) is 9.73. The van der Waals surface area contributed by atoms with E-state index in [9.17, 15) is 9.90 Å². The van der Waals surface area contributed by atoms with E-state index in [0.29, 0.717) is 12.8 Å². The summed E-state index contributed by atoms with van der Waals surface area (Å²) in [4.78, 5) is 11.0. The lowest BCUT2D eigenvalue weighted by Crippen LogP contribution is -2.25. The number of hydrogen-bond acceptors (Lipinski definition) is 3. The molecule has 20 heavy (non-hydrogen) atoms. The zero-order valence-corrected chi connectivity index (χ0v) is 13.1. The summed E-state index contributed by atoms with van der Waals surface area (Å²) in [6, 6.07) is 0. The lowest BCUT2D eigenvalue weighted by molar-refractivity contribution is -0.145. The van der Waals surface area contributed by atoms with Crippen LogP contribution in [0.15, 0.2) is 0 Å². The van der Waals surface area contributed by atoms with Crippen LogP contribution >= 0.6 is 0 Å². The van der Waals surface area contributed by atoms with E-state index >= 15 is 0 Å². The molecule has 1 aliphatic rings. The van der Waals surface area contributed by atoms with E-state index in [4.69, 9.17) is 4.74 Å². The molecule has 1 aliphatic heterocycles. The fourth-order valence-corrected chi connectivity index (χ4v) is 2.84. The molecule has 3 heteroatoms. The largest absolute Gasteiger partial charge is 0.460 e. The topological polar surface area (TPSA) is 46.5 Å². The Morgan fingerprint density at radius 2 is 1.60 bits per heavy atom. The summed E-state index contributed by atoms with van der Waals surface area (Å²) in [5, 5.41) is 9.91. The van der Waals surface area contributed by atoms with Crippen LogP contribution in [-0.4, -0.2) is 23.3 Å². The molecule has 0 aliphatic carbocycles. The van der Waals surface area contributed by atoms with Gasteiger partial charge in [0.1, 0.15) is 6.10 Å². The molecule has 118 valence electrons. The highest BCUT2D eigenvalue weighted by molar-refractivity contribution is 5.71. The van der Waals surface area contributed by atoms with Crippen molar-refractivity contribution in [3.63, 3.8) is 0 Å². The van der Waals surface area contributed by atoms with Gasteiger partial charge in [0.25, 0.3) is 0 Å². The van der Waals surface area contributed by atoms with Gasteiger partial charge in [-0.25, -0.2) is 0 Å². The van der Waals surface area contributed by atoms with Gasteiger partial charge < -0.3 is 9.84 Å². The number of aliphatic hydroxyl groups excluding tert-OH is 1. The van der Waals surface area contributed by atoms with E-state index in [0.717, 1.165) is 12.8 Å². The van der Waals surface area contributed by atoms with Crippen LogP contribution in [0.4, 0.5) is 0 Å². The van der Waals surface area contributed by atoms with Crippen molar-refractivity contribution in [2.45, 2.75) is 103 Å². The average Bonchev–Trinajstić information content (AvgIpc) is 2.87. The molecule has 0 aromatic heterocycles. The molecule has 1 fully saturated rings. The first kappa shape index (κ1) is 17.5. The standard InChI is InChI=1S/C17H32O3/c1-2-3-4-5-6-7-8-9-10-11-12-15(18)16-13-14-17(19)20-16/h15-16,18H,2-14H2,1H3/t15-,16+/m0/s1. The highest BCUT2D eigenvalue weighted by atomic mass is 16.6. The molecular weight excluding hydrogens is 252 g/mol. The number of cyclic esters (lactones) is 1. The Bertz CT molecular complexity index is 253. The molecule has 0 aromatic carbocycles. The van der Waals surface area contributed by atoms with Gasteiger partial charge in [-0.2, -0.15) is 0 Å². The van der Waals surface area contributed by atoms with E-state index in [1.54, 1.807) is 0 Å². The molecule has 0 spiro atoms. The quantitative estimate of drug-likeness (QED) is 0.428. The van der Waals surface area contributed by atoms with Crippen molar-refractivity contribution in [1.29, 1.82) is 0 Å². The third-order valence-corrected chi connectivity index (χ3v) is 4.20. The minimum Gasteiger partial charge on any atom is -0.460 e. The maximum atomic E-state index is 11.0. The summed E-state index contributed by atoms with van der Waals surface area (Å²) in [7, 11) is 0. The van der Waals surface area contributed by atoms with Gasteiger partial charge in [-0.3, -0.25) is 4.79 Å². The molecule has 3 nitrogen and oxygen atoms in total. The van der Waals surface area contributed by atoms with Gasteiger partial charge in [-0.05, 0) is 12.8 Å². The summed E-state index contributed by atoms with van der Waals surface area (Å²) < 4.78 is 5.08. The van der Waals surface area contributed by atoms with Gasteiger partial charge in [-0.15, -0.1) is 0 Å². The van der Waals surface area contributed by atoms with Gasteiger partial charge in [0.05, 0.1) is 6.10 Å². The fraction of sp³-hybridized carbons (Fsp3) is 0.941. The zero-order valence-electron chi connectivity index (χ0n) is 13.1. The van der Waals surface area contributed by atoms with E-state index in [1.165, 1.54) is 57.8 Å². The van der Waals surface area contributed by atoms with Crippen molar-refractivity contribution < 1.29 is 14.6 Å². The number of rotatable bonds is 12. The van der Waals surface area contributed by atoms with Gasteiger partial charge in [0.15, 0.2) is 0 Å². The maximum Gasteiger partial charge on any atom is 0.306 e. The number of hydrogen-bond donors (Lipinski definition) is 1. The molecule has 1 heterocycles. The lowest BCUT2D eigenvalue weighted by atomic mass is 10.0. The Morgan fingerprint density at radius 1 is 1.05 bits per heavy atom. The van der Waals surface area contributed by atoms with Gasteiger partial charge >= 0.3 is 5.97 Å². The molecule has 2 atom stereocenters. The van der Waals surface area contributed by atoms with Crippen molar-refractivity contribution >= 4 is 5.97 Å². The number of ether oxygens (including phenoxy) is 1. The number of aliphatic hydroxyl groups is 1. The molecule has 0 amide bonds. The number of esters is 1. The summed E-state index contributed by atoms with van der Waals surface area (Å²) in [6.45, 7) is 2.25. The lowest BCUT2D eigenvalue weighted by Gasteiger charge is -2.16. The van der Waals surface area contributed by atoms with E-state index in [1.807, 2.05) is 0 Å². The van der Waals surface area contributed by atoms with Crippen molar-refractivity contribution in [3.05, 3.63) is 0 Å². The summed E-state index contributed by atoms with van der Waals surface area (Å²) >= 11 is 0. The maximum absolute atomic E-state index is 11.0. The fourth-order valence-electron chi connectivity index (χ4n) is 2.84. The number of carbonyl (C=O) groups excluding carboxylic acids is 1. The van der Waals surface area contributed by atoms with Crippen molar-refractivity contribution in [2.24, 2.45) is 0 Å². The minimum absolute atomic E-state index is 0.155. The Hall–Kier alpha value is -0.570. The summed E-state index contributed by atoms with van der Waals surface area (Å²) in [5.41, 5.74) is 0. The van der Waals surface area contributed by atoms with E-state index in [2.05, 4.69) is 6.92 Å². The highest BCUT2D eigenvalue weighted by Gasteiger charge is 2.29. The number of carbonyl (C=O) groups is 1. The van der Waals surface area contributed by atoms with Crippen LogP contribution in [0.1, 0.15) is 90.4 Å². The molecule has 1 rings (SSSR count). The van der Waals surface area contributed by atoms with Crippen molar-refractivity contribution in [3.8, 4) is 0 Å². The van der Waals surface area contributed by atoms with Crippen LogP contribution in [0, 0.1) is 0 Å². The molecular formula is C17H32O3. The van der Waals surface area contributed by atoms with Gasteiger partial charge in [0.2, 0.25) is 0 Å². The molecule has 0 aromatic rings. The van der Waals surface area contributed by atoms with Crippen molar-refractivity contribution in [2.75, 3.05) is 0 Å². The van der Waals surface area contributed by atoms with E-state index in [-0.39, 0.29) is 12.1 Å². The van der Waals surface area contributed by atoms with Gasteiger partial charge in [-0.1, -0.05) is 71.1 Å². The first-order chi connectivity index (χ1) is 9.74. The van der Waals surface area contributed by atoms with Crippen LogP contribution in [0.3, 0.4) is 0 Å². The monoisotopic (exact) mass is 284 g/mol. The first-order valence-corrected chi connectivity index (χ1v) is 8.61. The predicted octanol–water partition coefficient (Wildman–Crippen LogP) is 4.36. The molecule has 0 saturated carbocycles. The van der Waals surface area contributed by atoms with Crippen LogP contribution < -0.4 is 0 Å². The third kappa shape index (κ3) is 7.88. The second-order valence-electron chi connectivity index (χ2n) is 6.10. The van der Waals surface area contributed by atoms with Crippen LogP contribution in [-0.2, 0) is 9.53 Å². The summed E-state index contributed by atoms with van der Waals surface area (Å²) in [5.74, 6) is -0.155. The van der Waals surface area contributed by atoms with Crippen LogP contribution in [0.5, 0.6) is 0 Å². The SMILES string of the molecule is CCCCCCCCCCCC[C@H](O)[C@H]1CCC(=O)O1. The molecule has 0 radical (unpaired) electrons. The third-order valence-electron chi connectivity index (χ3n) is 4.20. The Labute approximate surface area is 124 Å². The molecule has 0 unspecified atom stereocenters. The van der Waals surface area contributed by atoms with Gasteiger partial charge in [0, 0.05) is 6.42 Å². The normalized spacial score (nSPS) is 20.1. The highest BCUT2D eigenvalue weighted by Crippen LogP contribution is 2.20. The Morgan fingerprint density at radius 3 is 2.10 bits per heavy atom. The summed E-state index contributed by atoms with van der Waals surface area (Å²) in [6.07, 6.45) is 14.3. The second kappa shape index (κ2) is 11.1. The van der Waals surface area contributed by atoms with Crippen LogP contribution in [0.25, 0.3) is 0 Å².